The number of halogens is 2. The topological polar surface area (TPSA) is 91.3 Å². The summed E-state index contributed by atoms with van der Waals surface area (Å²) in [7, 11) is 0. The molecule has 148 valence electrons. The lowest BCUT2D eigenvalue weighted by Crippen LogP contribution is -2.28. The number of benzene rings is 1. The van der Waals surface area contributed by atoms with Gasteiger partial charge in [-0.3, -0.25) is 14.7 Å². The summed E-state index contributed by atoms with van der Waals surface area (Å²) in [6.07, 6.45) is 3.39. The Hall–Kier alpha value is -2.35. The van der Waals surface area contributed by atoms with Crippen LogP contribution in [0.4, 0.5) is 0 Å². The molecule has 1 saturated heterocycles. The molecule has 0 aliphatic carbocycles. The predicted octanol–water partition coefficient (Wildman–Crippen LogP) is 2.49. The van der Waals surface area contributed by atoms with E-state index in [2.05, 4.69) is 20.7 Å². The standard InChI is InChI=1S/C19H20ClN5O2.ClH/c20-14-3-1-12(2-4-14)10-22-19(27)15-11-23-25-17(26)9-16(24-18(15)25)13-5-7-21-8-6-13;/h1-4,9,11,13,21,23H,5-8,10H2,(H,22,27);1H. The van der Waals surface area contributed by atoms with Gasteiger partial charge >= 0.3 is 0 Å². The molecule has 3 heterocycles. The molecular formula is C19H21Cl2N5O2. The van der Waals surface area contributed by atoms with Crippen LogP contribution < -0.4 is 16.2 Å². The van der Waals surface area contributed by atoms with Gasteiger partial charge in [-0.1, -0.05) is 23.7 Å². The summed E-state index contributed by atoms with van der Waals surface area (Å²) in [4.78, 5) is 29.7. The molecule has 1 aliphatic heterocycles. The normalized spacial score (nSPS) is 14.6. The number of hydrogen-bond acceptors (Lipinski definition) is 4. The molecule has 1 aliphatic rings. The zero-order valence-electron chi connectivity index (χ0n) is 15.1. The van der Waals surface area contributed by atoms with E-state index >= 15 is 0 Å². The molecule has 0 unspecified atom stereocenters. The molecule has 4 rings (SSSR count). The molecule has 0 radical (unpaired) electrons. The molecular weight excluding hydrogens is 401 g/mol. The first-order valence-corrected chi connectivity index (χ1v) is 9.34. The van der Waals surface area contributed by atoms with E-state index in [1.165, 1.54) is 10.7 Å². The van der Waals surface area contributed by atoms with Crippen molar-refractivity contribution in [2.75, 3.05) is 13.1 Å². The average Bonchev–Trinajstić information content (AvgIpc) is 3.13. The van der Waals surface area contributed by atoms with Crippen molar-refractivity contribution >= 4 is 35.6 Å². The highest BCUT2D eigenvalue weighted by molar-refractivity contribution is 6.30. The van der Waals surface area contributed by atoms with Crippen molar-refractivity contribution < 1.29 is 4.79 Å². The largest absolute Gasteiger partial charge is 0.348 e. The number of rotatable bonds is 4. The summed E-state index contributed by atoms with van der Waals surface area (Å²) in [6, 6.07) is 8.84. The fourth-order valence-electron chi connectivity index (χ4n) is 3.37. The fraction of sp³-hybridized carbons (Fsp3) is 0.316. The molecule has 0 spiro atoms. The van der Waals surface area contributed by atoms with Crippen LogP contribution in [-0.4, -0.2) is 33.6 Å². The number of H-pyrrole nitrogens is 1. The Morgan fingerprint density at radius 2 is 1.96 bits per heavy atom. The third kappa shape index (κ3) is 4.22. The van der Waals surface area contributed by atoms with Crippen molar-refractivity contribution in [3.63, 3.8) is 0 Å². The number of hydrogen-bond donors (Lipinski definition) is 3. The van der Waals surface area contributed by atoms with E-state index < -0.39 is 0 Å². The number of nitrogens with zero attached hydrogens (tertiary/aromatic N) is 2. The molecule has 0 atom stereocenters. The second kappa shape index (κ2) is 8.77. The molecule has 0 bridgehead atoms. The number of nitrogens with one attached hydrogen (secondary N) is 3. The van der Waals surface area contributed by atoms with Crippen LogP contribution in [0.1, 0.15) is 40.4 Å². The Morgan fingerprint density at radius 1 is 1.25 bits per heavy atom. The second-order valence-electron chi connectivity index (χ2n) is 6.70. The minimum Gasteiger partial charge on any atom is -0.348 e. The van der Waals surface area contributed by atoms with Gasteiger partial charge in [0.05, 0.1) is 5.69 Å². The zero-order valence-corrected chi connectivity index (χ0v) is 16.6. The van der Waals surface area contributed by atoms with Gasteiger partial charge in [-0.2, -0.15) is 0 Å². The quantitative estimate of drug-likeness (QED) is 0.603. The number of carbonyl (C=O) groups excluding carboxylic acids is 1. The van der Waals surface area contributed by atoms with Crippen molar-refractivity contribution in [2.24, 2.45) is 0 Å². The number of aromatic nitrogens is 3. The molecule has 2 aromatic heterocycles. The van der Waals surface area contributed by atoms with E-state index in [4.69, 9.17) is 11.6 Å². The lowest BCUT2D eigenvalue weighted by Gasteiger charge is -2.21. The van der Waals surface area contributed by atoms with Crippen LogP contribution in [0.3, 0.4) is 0 Å². The minimum atomic E-state index is -0.280. The van der Waals surface area contributed by atoms with Crippen LogP contribution >= 0.6 is 24.0 Å². The lowest BCUT2D eigenvalue weighted by atomic mass is 9.94. The highest BCUT2D eigenvalue weighted by atomic mass is 35.5. The zero-order chi connectivity index (χ0) is 18.8. The molecule has 3 N–H and O–H groups in total. The van der Waals surface area contributed by atoms with E-state index in [-0.39, 0.29) is 29.8 Å². The summed E-state index contributed by atoms with van der Waals surface area (Å²) in [6.45, 7) is 2.19. The number of carbonyl (C=O) groups is 1. The van der Waals surface area contributed by atoms with Crippen molar-refractivity contribution in [1.29, 1.82) is 0 Å². The highest BCUT2D eigenvalue weighted by Crippen LogP contribution is 2.23. The Kier molecular flexibility index (Phi) is 6.39. The number of aromatic amines is 1. The van der Waals surface area contributed by atoms with Crippen LogP contribution in [0.5, 0.6) is 0 Å². The average molecular weight is 422 g/mol. The van der Waals surface area contributed by atoms with E-state index in [1.807, 2.05) is 12.1 Å². The van der Waals surface area contributed by atoms with Gasteiger partial charge in [-0.15, -0.1) is 12.4 Å². The van der Waals surface area contributed by atoms with E-state index in [1.54, 1.807) is 18.2 Å². The number of piperidine rings is 1. The van der Waals surface area contributed by atoms with Crippen LogP contribution in [0.25, 0.3) is 5.65 Å². The van der Waals surface area contributed by atoms with Crippen molar-refractivity contribution in [2.45, 2.75) is 25.3 Å². The van der Waals surface area contributed by atoms with Gasteiger partial charge in [-0.25, -0.2) is 9.50 Å². The third-order valence-corrected chi connectivity index (χ3v) is 5.14. The second-order valence-corrected chi connectivity index (χ2v) is 7.14. The summed E-state index contributed by atoms with van der Waals surface area (Å²) in [5.41, 5.74) is 2.22. The maximum absolute atomic E-state index is 12.6. The van der Waals surface area contributed by atoms with Gasteiger partial charge in [0.15, 0.2) is 5.65 Å². The SMILES string of the molecule is Cl.O=C(NCc1ccc(Cl)cc1)c1c[nH]n2c(=O)cc(C3CCNCC3)nc12. The molecule has 3 aromatic rings. The number of fused-ring (bicyclic) bond motifs is 1. The van der Waals surface area contributed by atoms with Gasteiger partial charge in [0, 0.05) is 29.7 Å². The summed E-state index contributed by atoms with van der Waals surface area (Å²) in [5, 5.41) is 9.64. The van der Waals surface area contributed by atoms with Crippen molar-refractivity contribution in [3.05, 3.63) is 68.7 Å². The number of amides is 1. The molecule has 28 heavy (non-hydrogen) atoms. The summed E-state index contributed by atoms with van der Waals surface area (Å²) in [5.74, 6) is -0.0399. The molecule has 0 saturated carbocycles. The first-order valence-electron chi connectivity index (χ1n) is 8.96. The maximum Gasteiger partial charge on any atom is 0.272 e. The Morgan fingerprint density at radius 3 is 2.68 bits per heavy atom. The first-order chi connectivity index (χ1) is 13.1. The predicted molar refractivity (Wildman–Crippen MR) is 111 cm³/mol. The fourth-order valence-corrected chi connectivity index (χ4v) is 3.50. The van der Waals surface area contributed by atoms with Crippen LogP contribution in [0.2, 0.25) is 5.02 Å². The third-order valence-electron chi connectivity index (χ3n) is 4.89. The molecule has 7 nitrogen and oxygen atoms in total. The first kappa shape index (κ1) is 20.4. The van der Waals surface area contributed by atoms with Crippen molar-refractivity contribution in [3.8, 4) is 0 Å². The molecule has 1 fully saturated rings. The van der Waals surface area contributed by atoms with Gasteiger partial charge in [0.25, 0.3) is 11.5 Å². The van der Waals surface area contributed by atoms with Crippen LogP contribution in [-0.2, 0) is 6.54 Å². The van der Waals surface area contributed by atoms with Gasteiger partial charge in [-0.05, 0) is 43.6 Å². The van der Waals surface area contributed by atoms with Crippen LogP contribution in [0.15, 0.2) is 41.3 Å². The molecule has 1 amide bonds. The van der Waals surface area contributed by atoms with Crippen molar-refractivity contribution in [1.82, 2.24) is 25.2 Å². The lowest BCUT2D eigenvalue weighted by molar-refractivity contribution is 0.0952. The molecule has 9 heteroatoms. The summed E-state index contributed by atoms with van der Waals surface area (Å²) >= 11 is 5.88. The molecule has 1 aromatic carbocycles. The van der Waals surface area contributed by atoms with Gasteiger partial charge in [0.1, 0.15) is 5.56 Å². The Labute approximate surface area is 172 Å². The van der Waals surface area contributed by atoms with E-state index in [9.17, 15) is 9.59 Å². The van der Waals surface area contributed by atoms with E-state index in [0.717, 1.165) is 37.2 Å². The van der Waals surface area contributed by atoms with Gasteiger partial charge in [0.2, 0.25) is 0 Å². The highest BCUT2D eigenvalue weighted by Gasteiger charge is 2.21. The van der Waals surface area contributed by atoms with Crippen LogP contribution in [0, 0.1) is 0 Å². The minimum absolute atomic E-state index is 0. The van der Waals surface area contributed by atoms with E-state index in [0.29, 0.717) is 22.8 Å². The van der Waals surface area contributed by atoms with Gasteiger partial charge < -0.3 is 10.6 Å². The summed E-state index contributed by atoms with van der Waals surface area (Å²) < 4.78 is 1.31. The monoisotopic (exact) mass is 421 g/mol. The Bertz CT molecular complexity index is 1020. The Balaban J connectivity index is 0.00000225. The smallest absolute Gasteiger partial charge is 0.272 e. The maximum atomic E-state index is 12.6.